The van der Waals surface area contributed by atoms with Gasteiger partial charge in [-0.2, -0.15) is 24.6 Å². The van der Waals surface area contributed by atoms with Crippen LogP contribution in [-0.2, 0) is 6.54 Å². The molecule has 0 bridgehead atoms. The maximum Gasteiger partial charge on any atom is 0.207 e. The molecule has 5 aromatic rings. The number of rotatable bonds is 4. The second-order valence-electron chi connectivity index (χ2n) is 6.23. The highest BCUT2D eigenvalue weighted by Crippen LogP contribution is 2.35. The van der Waals surface area contributed by atoms with Crippen LogP contribution in [0.1, 0.15) is 12.7 Å². The summed E-state index contributed by atoms with van der Waals surface area (Å²) in [6.07, 6.45) is 1.69. The van der Waals surface area contributed by atoms with Gasteiger partial charge in [0.15, 0.2) is 11.3 Å². The normalized spacial score (nSPS) is 11.5. The van der Waals surface area contributed by atoms with Gasteiger partial charge in [0.05, 0.1) is 25.2 Å². The van der Waals surface area contributed by atoms with Crippen LogP contribution < -0.4 is 4.74 Å². The minimum Gasteiger partial charge on any atom is -0.496 e. The molecule has 0 saturated carbocycles. The minimum atomic E-state index is 0.487. The van der Waals surface area contributed by atoms with Crippen molar-refractivity contribution in [3.63, 3.8) is 0 Å². The van der Waals surface area contributed by atoms with Crippen LogP contribution in [0.25, 0.3) is 39.3 Å². The van der Waals surface area contributed by atoms with Crippen LogP contribution >= 0.6 is 0 Å². The van der Waals surface area contributed by atoms with Gasteiger partial charge in [-0.25, -0.2) is 0 Å². The lowest BCUT2D eigenvalue weighted by atomic mass is 10.1. The second-order valence-corrected chi connectivity index (χ2v) is 6.23. The van der Waals surface area contributed by atoms with E-state index in [9.17, 15) is 0 Å². The van der Waals surface area contributed by atoms with Crippen molar-refractivity contribution in [2.75, 3.05) is 7.11 Å². The summed E-state index contributed by atoms with van der Waals surface area (Å²) in [6.45, 7) is 4.46. The van der Waals surface area contributed by atoms with Crippen molar-refractivity contribution >= 4 is 16.4 Å². The number of ether oxygens (including phenoxy) is 1. The number of aromatic nitrogens is 8. The van der Waals surface area contributed by atoms with Gasteiger partial charge in [0.25, 0.3) is 0 Å². The number of benzene rings is 1. The van der Waals surface area contributed by atoms with E-state index in [4.69, 9.17) is 14.4 Å². The number of methoxy groups -OCH3 is 1. The Labute approximate surface area is 158 Å². The molecule has 0 fully saturated rings. The van der Waals surface area contributed by atoms with Crippen molar-refractivity contribution < 1.29 is 9.26 Å². The largest absolute Gasteiger partial charge is 0.496 e. The van der Waals surface area contributed by atoms with E-state index in [-0.39, 0.29) is 0 Å². The number of hydrogen-bond donors (Lipinski definition) is 0. The first-order chi connectivity index (χ1) is 13.7. The summed E-state index contributed by atoms with van der Waals surface area (Å²) in [4.78, 5) is 1.61. The van der Waals surface area contributed by atoms with Crippen molar-refractivity contribution in [1.29, 1.82) is 0 Å². The maximum absolute atomic E-state index is 5.59. The monoisotopic (exact) mass is 376 g/mol. The highest BCUT2D eigenvalue weighted by molar-refractivity contribution is 6.04. The van der Waals surface area contributed by atoms with Crippen LogP contribution in [-0.4, -0.2) is 47.1 Å². The Morgan fingerprint density at radius 2 is 2.04 bits per heavy atom. The van der Waals surface area contributed by atoms with Crippen LogP contribution in [0.15, 0.2) is 35.0 Å². The predicted molar refractivity (Wildman–Crippen MR) is 99.8 cm³/mol. The number of hydrogen-bond acceptors (Lipinski definition) is 8. The van der Waals surface area contributed by atoms with E-state index < -0.39 is 0 Å². The summed E-state index contributed by atoms with van der Waals surface area (Å²) in [5.41, 5.74) is 2.41. The summed E-state index contributed by atoms with van der Waals surface area (Å²) >= 11 is 0. The van der Waals surface area contributed by atoms with Gasteiger partial charge in [0, 0.05) is 11.5 Å². The SMILES string of the molecule is CCn1ncc(-c2nn3c(-c4cc(C)on4)nnc3c3cccc(OC)c23)n1. The molecule has 0 aliphatic heterocycles. The summed E-state index contributed by atoms with van der Waals surface area (Å²) in [6, 6.07) is 7.53. The van der Waals surface area contributed by atoms with Gasteiger partial charge in [-0.15, -0.1) is 10.2 Å². The second kappa shape index (κ2) is 6.12. The third kappa shape index (κ3) is 2.34. The minimum absolute atomic E-state index is 0.487. The zero-order valence-electron chi connectivity index (χ0n) is 15.5. The van der Waals surface area contributed by atoms with Gasteiger partial charge in [-0.1, -0.05) is 17.3 Å². The fourth-order valence-electron chi connectivity index (χ4n) is 3.19. The molecule has 0 spiro atoms. The zero-order valence-corrected chi connectivity index (χ0v) is 15.5. The molecule has 0 radical (unpaired) electrons. The fraction of sp³-hybridized carbons (Fsp3) is 0.222. The molecule has 0 aliphatic rings. The van der Waals surface area contributed by atoms with Crippen LogP contribution in [0.2, 0.25) is 0 Å². The summed E-state index contributed by atoms with van der Waals surface area (Å²) in [5.74, 6) is 1.84. The molecule has 10 nitrogen and oxygen atoms in total. The van der Waals surface area contributed by atoms with Crippen LogP contribution in [0.4, 0.5) is 0 Å². The Bertz CT molecular complexity index is 1320. The topological polar surface area (TPSA) is 109 Å². The summed E-state index contributed by atoms with van der Waals surface area (Å²) in [7, 11) is 1.62. The van der Waals surface area contributed by atoms with Gasteiger partial charge in [-0.3, -0.25) is 0 Å². The Balaban J connectivity index is 1.89. The first-order valence-electron chi connectivity index (χ1n) is 8.76. The highest BCUT2D eigenvalue weighted by Gasteiger charge is 2.21. The van der Waals surface area contributed by atoms with E-state index in [1.165, 1.54) is 0 Å². The van der Waals surface area contributed by atoms with E-state index >= 15 is 0 Å². The van der Waals surface area contributed by atoms with Gasteiger partial charge in [0.1, 0.15) is 22.9 Å². The summed E-state index contributed by atoms with van der Waals surface area (Å²) < 4.78 is 12.4. The third-order valence-corrected chi connectivity index (χ3v) is 4.48. The van der Waals surface area contributed by atoms with Crippen LogP contribution in [0, 0.1) is 6.92 Å². The quantitative estimate of drug-likeness (QED) is 0.471. The lowest BCUT2D eigenvalue weighted by molar-refractivity contribution is 0.399. The third-order valence-electron chi connectivity index (χ3n) is 4.48. The lowest BCUT2D eigenvalue weighted by Crippen LogP contribution is -2.02. The van der Waals surface area contributed by atoms with E-state index in [2.05, 4.69) is 25.6 Å². The molecule has 0 unspecified atom stereocenters. The van der Waals surface area contributed by atoms with Crippen molar-refractivity contribution in [1.82, 2.24) is 40.0 Å². The van der Waals surface area contributed by atoms with Gasteiger partial charge < -0.3 is 9.26 Å². The van der Waals surface area contributed by atoms with Crippen LogP contribution in [0.3, 0.4) is 0 Å². The van der Waals surface area contributed by atoms with Crippen molar-refractivity contribution in [3.8, 4) is 28.7 Å². The fourth-order valence-corrected chi connectivity index (χ4v) is 3.19. The van der Waals surface area contributed by atoms with Gasteiger partial charge in [0.2, 0.25) is 5.82 Å². The molecule has 4 aromatic heterocycles. The van der Waals surface area contributed by atoms with Crippen molar-refractivity contribution in [3.05, 3.63) is 36.2 Å². The van der Waals surface area contributed by atoms with E-state index in [0.717, 1.165) is 10.8 Å². The molecular formula is C18H16N8O2. The van der Waals surface area contributed by atoms with E-state index in [1.54, 1.807) is 28.7 Å². The zero-order chi connectivity index (χ0) is 19.3. The molecule has 10 heteroatoms. The molecule has 28 heavy (non-hydrogen) atoms. The smallest absolute Gasteiger partial charge is 0.207 e. The molecule has 0 saturated heterocycles. The molecule has 0 atom stereocenters. The molecule has 0 N–H and O–H groups in total. The standard InChI is InChI=1S/C18H16N8O2/c1-4-25-19-9-13(22-25)16-15-11(6-5-7-14(15)27-3)17-20-21-18(26(17)23-16)12-8-10(2)28-24-12/h5-9H,4H2,1-3H3. The first kappa shape index (κ1) is 16.4. The Kier molecular flexibility index (Phi) is 3.57. The van der Waals surface area contributed by atoms with E-state index in [1.807, 2.05) is 32.0 Å². The number of nitrogens with zero attached hydrogens (tertiary/aromatic N) is 8. The number of fused-ring (bicyclic) bond motifs is 3. The molecule has 1 aromatic carbocycles. The van der Waals surface area contributed by atoms with Crippen molar-refractivity contribution in [2.45, 2.75) is 20.4 Å². The molecule has 5 rings (SSSR count). The maximum atomic E-state index is 5.59. The van der Waals surface area contributed by atoms with Crippen LogP contribution in [0.5, 0.6) is 5.75 Å². The Hall–Kier alpha value is -3.82. The average Bonchev–Trinajstić information content (AvgIpc) is 3.45. The number of aryl methyl sites for hydroxylation is 2. The molecule has 140 valence electrons. The molecule has 0 aliphatic carbocycles. The van der Waals surface area contributed by atoms with E-state index in [0.29, 0.717) is 46.6 Å². The van der Waals surface area contributed by atoms with Gasteiger partial charge in [-0.05, 0) is 19.9 Å². The predicted octanol–water partition coefficient (Wildman–Crippen LogP) is 2.53. The Morgan fingerprint density at radius 3 is 2.75 bits per heavy atom. The molecule has 4 heterocycles. The average molecular weight is 376 g/mol. The van der Waals surface area contributed by atoms with Crippen molar-refractivity contribution in [2.24, 2.45) is 0 Å². The molecular weight excluding hydrogens is 360 g/mol. The first-order valence-corrected chi connectivity index (χ1v) is 8.76. The highest BCUT2D eigenvalue weighted by atomic mass is 16.5. The van der Waals surface area contributed by atoms with Gasteiger partial charge >= 0.3 is 0 Å². The lowest BCUT2D eigenvalue weighted by Gasteiger charge is -2.10. The summed E-state index contributed by atoms with van der Waals surface area (Å²) in [5, 5.41) is 27.9. The molecule has 0 amide bonds. The Morgan fingerprint density at radius 1 is 1.14 bits per heavy atom.